The Morgan fingerprint density at radius 1 is 0.815 bits per heavy atom. The molecular formula is C22H19N5. The van der Waals surface area contributed by atoms with Gasteiger partial charge in [-0.1, -0.05) is 42.5 Å². The molecule has 0 saturated carbocycles. The quantitative estimate of drug-likeness (QED) is 0.487. The van der Waals surface area contributed by atoms with Crippen LogP contribution in [0.1, 0.15) is 16.8 Å². The normalized spacial score (nSPS) is 11.4. The maximum absolute atomic E-state index is 4.84. The van der Waals surface area contributed by atoms with Gasteiger partial charge in [-0.25, -0.2) is 0 Å². The van der Waals surface area contributed by atoms with E-state index in [2.05, 4.69) is 41.6 Å². The topological polar surface area (TPSA) is 48.5 Å². The van der Waals surface area contributed by atoms with E-state index in [0.717, 1.165) is 40.6 Å². The molecule has 5 aromatic rings. The van der Waals surface area contributed by atoms with Gasteiger partial charge in [-0.3, -0.25) is 14.3 Å². The molecule has 0 N–H and O–H groups in total. The van der Waals surface area contributed by atoms with E-state index in [9.17, 15) is 0 Å². The zero-order valence-corrected chi connectivity index (χ0v) is 15.1. The Morgan fingerprint density at radius 2 is 1.56 bits per heavy atom. The third kappa shape index (κ3) is 2.97. The first kappa shape index (κ1) is 15.8. The second-order valence-corrected chi connectivity index (χ2v) is 6.82. The highest BCUT2D eigenvalue weighted by atomic mass is 15.3. The summed E-state index contributed by atoms with van der Waals surface area (Å²) < 4.78 is 3.93. The summed E-state index contributed by atoms with van der Waals surface area (Å²) in [5, 5.41) is 11.3. The lowest BCUT2D eigenvalue weighted by Crippen LogP contribution is -2.02. The van der Waals surface area contributed by atoms with E-state index in [0.29, 0.717) is 0 Å². The minimum Gasteiger partial charge on any atom is -0.268 e. The van der Waals surface area contributed by atoms with Crippen molar-refractivity contribution in [3.63, 3.8) is 0 Å². The average molecular weight is 353 g/mol. The maximum atomic E-state index is 4.84. The molecule has 0 spiro atoms. The molecule has 0 bridgehead atoms. The Hall–Kier alpha value is -3.47. The standard InChI is InChI=1S/C22H19N5/c1-16-20-15-27(25-22(20)19-5-2-3-6-21(19)24-16)14-18-9-7-17(8-10-18)13-26-12-4-11-23-26/h2-12,15H,13-14H2,1H3. The molecule has 27 heavy (non-hydrogen) atoms. The minimum atomic E-state index is 0.741. The van der Waals surface area contributed by atoms with E-state index in [1.807, 2.05) is 46.7 Å². The van der Waals surface area contributed by atoms with Crippen molar-refractivity contribution < 1.29 is 0 Å². The van der Waals surface area contributed by atoms with Crippen LogP contribution >= 0.6 is 0 Å². The van der Waals surface area contributed by atoms with Crippen molar-refractivity contribution in [2.75, 3.05) is 0 Å². The molecular weight excluding hydrogens is 334 g/mol. The van der Waals surface area contributed by atoms with E-state index < -0.39 is 0 Å². The average Bonchev–Trinajstić information content (AvgIpc) is 3.34. The van der Waals surface area contributed by atoms with Crippen LogP contribution in [-0.2, 0) is 13.1 Å². The molecule has 0 atom stereocenters. The molecule has 3 aromatic heterocycles. The molecule has 0 aliphatic rings. The Labute approximate surface area is 156 Å². The summed E-state index contributed by atoms with van der Waals surface area (Å²) in [5.74, 6) is 0. The van der Waals surface area contributed by atoms with E-state index in [1.54, 1.807) is 6.20 Å². The fourth-order valence-corrected chi connectivity index (χ4v) is 3.50. The Morgan fingerprint density at radius 3 is 2.30 bits per heavy atom. The number of pyridine rings is 1. The number of rotatable bonds is 4. The molecule has 2 aromatic carbocycles. The number of nitrogens with zero attached hydrogens (tertiary/aromatic N) is 5. The van der Waals surface area contributed by atoms with Gasteiger partial charge in [0.1, 0.15) is 5.52 Å². The molecule has 0 saturated heterocycles. The lowest BCUT2D eigenvalue weighted by atomic mass is 10.1. The molecule has 132 valence electrons. The van der Waals surface area contributed by atoms with Crippen LogP contribution in [0.5, 0.6) is 0 Å². The largest absolute Gasteiger partial charge is 0.268 e. The fraction of sp³-hybridized carbons (Fsp3) is 0.136. The Bertz CT molecular complexity index is 1220. The van der Waals surface area contributed by atoms with Crippen molar-refractivity contribution in [3.05, 3.63) is 90.0 Å². The van der Waals surface area contributed by atoms with Crippen molar-refractivity contribution in [1.29, 1.82) is 0 Å². The molecule has 5 heteroatoms. The van der Waals surface area contributed by atoms with Crippen molar-refractivity contribution in [2.45, 2.75) is 20.0 Å². The molecule has 5 rings (SSSR count). The summed E-state index contributed by atoms with van der Waals surface area (Å²) in [7, 11) is 0. The Kier molecular flexibility index (Phi) is 3.71. The smallest absolute Gasteiger partial charge is 0.104 e. The predicted molar refractivity (Wildman–Crippen MR) is 107 cm³/mol. The number of aryl methyl sites for hydroxylation is 1. The first-order valence-electron chi connectivity index (χ1n) is 9.04. The second kappa shape index (κ2) is 6.36. The van der Waals surface area contributed by atoms with Crippen LogP contribution in [0.25, 0.3) is 21.8 Å². The molecule has 0 amide bonds. The molecule has 0 aliphatic heterocycles. The van der Waals surface area contributed by atoms with Crippen LogP contribution in [0, 0.1) is 6.92 Å². The number of aromatic nitrogens is 5. The van der Waals surface area contributed by atoms with Crippen LogP contribution in [-0.4, -0.2) is 24.5 Å². The summed E-state index contributed by atoms with van der Waals surface area (Å²) in [6.45, 7) is 3.57. The van der Waals surface area contributed by atoms with Crippen molar-refractivity contribution >= 4 is 21.8 Å². The summed E-state index contributed by atoms with van der Waals surface area (Å²) in [5.41, 5.74) is 5.50. The number of para-hydroxylation sites is 1. The van der Waals surface area contributed by atoms with E-state index in [1.165, 1.54) is 11.1 Å². The van der Waals surface area contributed by atoms with Gasteiger partial charge in [0.15, 0.2) is 0 Å². The van der Waals surface area contributed by atoms with E-state index in [-0.39, 0.29) is 0 Å². The maximum Gasteiger partial charge on any atom is 0.104 e. The highest BCUT2D eigenvalue weighted by Gasteiger charge is 2.10. The lowest BCUT2D eigenvalue weighted by Gasteiger charge is -2.05. The molecule has 0 radical (unpaired) electrons. The second-order valence-electron chi connectivity index (χ2n) is 6.82. The minimum absolute atomic E-state index is 0.741. The van der Waals surface area contributed by atoms with Gasteiger partial charge in [0.2, 0.25) is 0 Å². The number of hydrogen-bond donors (Lipinski definition) is 0. The fourth-order valence-electron chi connectivity index (χ4n) is 3.50. The highest BCUT2D eigenvalue weighted by Crippen LogP contribution is 2.25. The van der Waals surface area contributed by atoms with Crippen LogP contribution < -0.4 is 0 Å². The van der Waals surface area contributed by atoms with Gasteiger partial charge in [-0.2, -0.15) is 10.2 Å². The van der Waals surface area contributed by atoms with Crippen LogP contribution in [0.4, 0.5) is 0 Å². The summed E-state index contributed by atoms with van der Waals surface area (Å²) in [6.07, 6.45) is 5.88. The Balaban J connectivity index is 1.44. The van der Waals surface area contributed by atoms with E-state index in [4.69, 9.17) is 10.1 Å². The van der Waals surface area contributed by atoms with Crippen molar-refractivity contribution in [1.82, 2.24) is 24.5 Å². The van der Waals surface area contributed by atoms with Gasteiger partial charge in [0, 0.05) is 35.1 Å². The van der Waals surface area contributed by atoms with Gasteiger partial charge in [0.25, 0.3) is 0 Å². The number of fused-ring (bicyclic) bond motifs is 3. The van der Waals surface area contributed by atoms with Crippen LogP contribution in [0.3, 0.4) is 0 Å². The van der Waals surface area contributed by atoms with E-state index >= 15 is 0 Å². The van der Waals surface area contributed by atoms with Crippen molar-refractivity contribution in [3.8, 4) is 0 Å². The molecule has 0 unspecified atom stereocenters. The van der Waals surface area contributed by atoms with Gasteiger partial charge in [-0.15, -0.1) is 0 Å². The number of benzene rings is 2. The lowest BCUT2D eigenvalue weighted by molar-refractivity contribution is 0.682. The number of hydrogen-bond acceptors (Lipinski definition) is 3. The van der Waals surface area contributed by atoms with Gasteiger partial charge in [-0.05, 0) is 30.2 Å². The van der Waals surface area contributed by atoms with Crippen molar-refractivity contribution in [2.24, 2.45) is 0 Å². The monoisotopic (exact) mass is 353 g/mol. The van der Waals surface area contributed by atoms with Gasteiger partial charge < -0.3 is 0 Å². The van der Waals surface area contributed by atoms with Gasteiger partial charge in [0.05, 0.1) is 18.6 Å². The van der Waals surface area contributed by atoms with Crippen LogP contribution in [0.15, 0.2) is 73.2 Å². The zero-order chi connectivity index (χ0) is 18.2. The molecule has 5 nitrogen and oxygen atoms in total. The predicted octanol–water partition coefficient (Wildman–Crippen LogP) is 4.19. The summed E-state index contributed by atoms with van der Waals surface area (Å²) in [4.78, 5) is 4.71. The SMILES string of the molecule is Cc1nc2ccccc2c2nn(Cc3ccc(Cn4cccn4)cc3)cc12. The summed E-state index contributed by atoms with van der Waals surface area (Å²) in [6, 6.07) is 18.8. The first-order valence-corrected chi connectivity index (χ1v) is 9.04. The summed E-state index contributed by atoms with van der Waals surface area (Å²) >= 11 is 0. The highest BCUT2D eigenvalue weighted by molar-refractivity contribution is 6.03. The van der Waals surface area contributed by atoms with Crippen LogP contribution in [0.2, 0.25) is 0 Å². The third-order valence-electron chi connectivity index (χ3n) is 4.87. The van der Waals surface area contributed by atoms with Gasteiger partial charge >= 0.3 is 0 Å². The molecule has 3 heterocycles. The molecule has 0 fully saturated rings. The third-order valence-corrected chi connectivity index (χ3v) is 4.87. The molecule has 0 aliphatic carbocycles. The zero-order valence-electron chi connectivity index (χ0n) is 15.1. The first-order chi connectivity index (χ1) is 13.3.